The summed E-state index contributed by atoms with van der Waals surface area (Å²) in [5, 5.41) is 0. The summed E-state index contributed by atoms with van der Waals surface area (Å²) in [6.45, 7) is 7.19. The summed E-state index contributed by atoms with van der Waals surface area (Å²) in [5.74, 6) is 0.711. The number of nitrogens with zero attached hydrogens (tertiary/aromatic N) is 2. The van der Waals surface area contributed by atoms with Gasteiger partial charge in [0.25, 0.3) is 0 Å². The van der Waals surface area contributed by atoms with E-state index in [9.17, 15) is 9.59 Å². The van der Waals surface area contributed by atoms with Gasteiger partial charge in [0.2, 0.25) is 0 Å². The predicted molar refractivity (Wildman–Crippen MR) is 121 cm³/mol. The lowest BCUT2D eigenvalue weighted by Crippen LogP contribution is -2.37. The Bertz CT molecular complexity index is 1050. The maximum absolute atomic E-state index is 12.5. The fourth-order valence-corrected chi connectivity index (χ4v) is 4.50. The van der Waals surface area contributed by atoms with Gasteiger partial charge in [0.15, 0.2) is 5.78 Å². The number of likely N-dealkylation sites (tertiary alicyclic amines) is 1. The summed E-state index contributed by atoms with van der Waals surface area (Å²) < 4.78 is 1.93. The van der Waals surface area contributed by atoms with Gasteiger partial charge in [-0.15, -0.1) is 0 Å². The van der Waals surface area contributed by atoms with Gasteiger partial charge in [0, 0.05) is 31.1 Å². The molecule has 1 aliphatic heterocycles. The van der Waals surface area contributed by atoms with Crippen LogP contribution >= 0.6 is 0 Å². The standard InChI is InChI=1S/C25H31N3O2/c1-18(2)19-9-11-20(12-10-19)24(29)8-5-15-27-16-13-21(14-17-27)28-23-7-4-3-6-22(23)26-25(28)30/h3-4,6-7,9-12,18,21H,5,8,13-17H2,1-2H3,(H,26,30). The number of para-hydroxylation sites is 2. The molecule has 0 amide bonds. The van der Waals surface area contributed by atoms with Gasteiger partial charge in [-0.2, -0.15) is 0 Å². The monoisotopic (exact) mass is 405 g/mol. The summed E-state index contributed by atoms with van der Waals surface area (Å²) in [5.41, 5.74) is 3.98. The number of carbonyl (C=O) groups is 1. The molecule has 0 atom stereocenters. The molecule has 0 unspecified atom stereocenters. The van der Waals surface area contributed by atoms with Gasteiger partial charge in [0.05, 0.1) is 11.0 Å². The van der Waals surface area contributed by atoms with Crippen LogP contribution in [0.25, 0.3) is 11.0 Å². The minimum Gasteiger partial charge on any atom is -0.306 e. The highest BCUT2D eigenvalue weighted by Crippen LogP contribution is 2.25. The minimum absolute atomic E-state index is 0.0104. The van der Waals surface area contributed by atoms with E-state index in [0.29, 0.717) is 12.3 Å². The van der Waals surface area contributed by atoms with Crippen LogP contribution in [0.5, 0.6) is 0 Å². The second-order valence-corrected chi connectivity index (χ2v) is 8.69. The van der Waals surface area contributed by atoms with E-state index in [4.69, 9.17) is 0 Å². The van der Waals surface area contributed by atoms with Crippen molar-refractivity contribution in [2.45, 2.75) is 51.5 Å². The van der Waals surface area contributed by atoms with Crippen molar-refractivity contribution in [1.29, 1.82) is 0 Å². The number of nitrogens with one attached hydrogen (secondary N) is 1. The van der Waals surface area contributed by atoms with Crippen molar-refractivity contribution >= 4 is 16.8 Å². The largest absolute Gasteiger partial charge is 0.326 e. The van der Waals surface area contributed by atoms with Crippen LogP contribution in [0.3, 0.4) is 0 Å². The van der Waals surface area contributed by atoms with Crippen LogP contribution in [-0.2, 0) is 0 Å². The van der Waals surface area contributed by atoms with Gasteiger partial charge in [0.1, 0.15) is 0 Å². The summed E-state index contributed by atoms with van der Waals surface area (Å²) in [4.78, 5) is 30.3. The van der Waals surface area contributed by atoms with Crippen LogP contribution in [0.1, 0.15) is 67.4 Å². The number of hydrogen-bond donors (Lipinski definition) is 1. The molecule has 30 heavy (non-hydrogen) atoms. The Hall–Kier alpha value is -2.66. The van der Waals surface area contributed by atoms with Crippen molar-refractivity contribution in [2.75, 3.05) is 19.6 Å². The first-order valence-electron chi connectivity index (χ1n) is 11.1. The first-order chi connectivity index (χ1) is 14.5. The van der Waals surface area contributed by atoms with Crippen molar-refractivity contribution in [3.05, 3.63) is 70.1 Å². The average Bonchev–Trinajstić information content (AvgIpc) is 3.10. The number of aromatic amines is 1. The molecule has 5 heteroatoms. The zero-order valence-electron chi connectivity index (χ0n) is 17.9. The first kappa shape index (κ1) is 20.6. The molecule has 1 fully saturated rings. The van der Waals surface area contributed by atoms with Gasteiger partial charge in [-0.1, -0.05) is 50.2 Å². The lowest BCUT2D eigenvalue weighted by molar-refractivity contribution is 0.0970. The molecule has 0 bridgehead atoms. The minimum atomic E-state index is -0.0104. The number of aromatic nitrogens is 2. The van der Waals surface area contributed by atoms with Gasteiger partial charge in [-0.25, -0.2) is 4.79 Å². The van der Waals surface area contributed by atoms with E-state index < -0.39 is 0 Å². The summed E-state index contributed by atoms with van der Waals surface area (Å²) in [6, 6.07) is 16.2. The molecule has 0 aliphatic carbocycles. The number of piperidine rings is 1. The van der Waals surface area contributed by atoms with Gasteiger partial charge >= 0.3 is 5.69 Å². The maximum Gasteiger partial charge on any atom is 0.326 e. The number of carbonyl (C=O) groups excluding carboxylic acids is 1. The van der Waals surface area contributed by atoms with Crippen molar-refractivity contribution in [3.8, 4) is 0 Å². The molecular weight excluding hydrogens is 374 g/mol. The van der Waals surface area contributed by atoms with E-state index in [1.165, 1.54) is 5.56 Å². The molecule has 2 aromatic carbocycles. The molecule has 4 rings (SSSR count). The molecule has 0 radical (unpaired) electrons. The van der Waals surface area contributed by atoms with Crippen LogP contribution < -0.4 is 5.69 Å². The average molecular weight is 406 g/mol. The van der Waals surface area contributed by atoms with Crippen molar-refractivity contribution < 1.29 is 4.79 Å². The van der Waals surface area contributed by atoms with E-state index in [2.05, 4.69) is 35.9 Å². The number of H-pyrrole nitrogens is 1. The molecule has 158 valence electrons. The SMILES string of the molecule is CC(C)c1ccc(C(=O)CCCN2CCC(n3c(=O)[nH]c4ccccc43)CC2)cc1. The van der Waals surface area contributed by atoms with Crippen LogP contribution in [0.4, 0.5) is 0 Å². The van der Waals surface area contributed by atoms with E-state index in [1.807, 2.05) is 41.0 Å². The van der Waals surface area contributed by atoms with E-state index in [-0.39, 0.29) is 17.5 Å². The van der Waals surface area contributed by atoms with E-state index >= 15 is 0 Å². The molecule has 5 nitrogen and oxygen atoms in total. The fraction of sp³-hybridized carbons (Fsp3) is 0.440. The molecule has 0 spiro atoms. The Morgan fingerprint density at radius 3 is 2.47 bits per heavy atom. The molecule has 2 heterocycles. The van der Waals surface area contributed by atoms with Crippen molar-refractivity contribution in [2.24, 2.45) is 0 Å². The highest BCUT2D eigenvalue weighted by atomic mass is 16.1. The molecule has 1 aromatic heterocycles. The Morgan fingerprint density at radius 1 is 1.07 bits per heavy atom. The Balaban J connectivity index is 1.26. The predicted octanol–water partition coefficient (Wildman–Crippen LogP) is 4.75. The number of ketones is 1. The normalized spacial score (nSPS) is 15.8. The summed E-state index contributed by atoms with van der Waals surface area (Å²) in [6.07, 6.45) is 3.39. The molecule has 1 N–H and O–H groups in total. The zero-order chi connectivity index (χ0) is 21.1. The van der Waals surface area contributed by atoms with Crippen LogP contribution in [-0.4, -0.2) is 39.9 Å². The third-order valence-electron chi connectivity index (χ3n) is 6.32. The third kappa shape index (κ3) is 4.41. The number of rotatable bonds is 7. The third-order valence-corrected chi connectivity index (χ3v) is 6.32. The molecular formula is C25H31N3O2. The number of imidazole rings is 1. The van der Waals surface area contributed by atoms with Crippen molar-refractivity contribution in [3.63, 3.8) is 0 Å². The lowest BCUT2D eigenvalue weighted by Gasteiger charge is -2.32. The summed E-state index contributed by atoms with van der Waals surface area (Å²) >= 11 is 0. The molecule has 0 saturated carbocycles. The Labute approximate surface area is 177 Å². The maximum atomic E-state index is 12.5. The van der Waals surface area contributed by atoms with Crippen LogP contribution in [0, 0.1) is 0 Å². The number of benzene rings is 2. The molecule has 3 aromatic rings. The summed E-state index contributed by atoms with van der Waals surface area (Å²) in [7, 11) is 0. The van der Waals surface area contributed by atoms with Gasteiger partial charge < -0.3 is 9.88 Å². The van der Waals surface area contributed by atoms with Crippen molar-refractivity contribution in [1.82, 2.24) is 14.5 Å². The second-order valence-electron chi connectivity index (χ2n) is 8.69. The number of hydrogen-bond acceptors (Lipinski definition) is 3. The van der Waals surface area contributed by atoms with E-state index in [0.717, 1.165) is 55.5 Å². The smallest absolute Gasteiger partial charge is 0.306 e. The molecule has 1 saturated heterocycles. The quantitative estimate of drug-likeness (QED) is 0.577. The molecule has 1 aliphatic rings. The fourth-order valence-electron chi connectivity index (χ4n) is 4.50. The zero-order valence-corrected chi connectivity index (χ0v) is 17.9. The van der Waals surface area contributed by atoms with Crippen LogP contribution in [0.2, 0.25) is 0 Å². The Kier molecular flexibility index (Phi) is 6.18. The van der Waals surface area contributed by atoms with Gasteiger partial charge in [-0.05, 0) is 49.4 Å². The lowest BCUT2D eigenvalue weighted by atomic mass is 9.99. The number of Topliss-reactive ketones (excluding diaryl/α,β-unsaturated/α-hetero) is 1. The second kappa shape index (κ2) is 9.00. The first-order valence-corrected chi connectivity index (χ1v) is 11.1. The number of fused-ring (bicyclic) bond motifs is 1. The Morgan fingerprint density at radius 2 is 1.77 bits per heavy atom. The van der Waals surface area contributed by atoms with Crippen LogP contribution in [0.15, 0.2) is 53.3 Å². The highest BCUT2D eigenvalue weighted by Gasteiger charge is 2.23. The highest BCUT2D eigenvalue weighted by molar-refractivity contribution is 5.96. The van der Waals surface area contributed by atoms with E-state index in [1.54, 1.807) is 0 Å². The topological polar surface area (TPSA) is 58.1 Å². The van der Waals surface area contributed by atoms with Gasteiger partial charge in [-0.3, -0.25) is 9.36 Å².